The van der Waals surface area contributed by atoms with E-state index in [1.54, 1.807) is 27.7 Å². The van der Waals surface area contributed by atoms with Gasteiger partial charge >= 0.3 is 0 Å². The molecule has 0 aromatic heterocycles. The molecule has 0 bridgehead atoms. The maximum atomic E-state index is 13.1. The molecular weight excluding hydrogens is 454 g/mol. The van der Waals surface area contributed by atoms with Gasteiger partial charge in [-0.05, 0) is 55.3 Å². The molecule has 0 aliphatic carbocycles. The lowest BCUT2D eigenvalue weighted by Gasteiger charge is -2.21. The molecule has 0 atom stereocenters. The van der Waals surface area contributed by atoms with Crippen molar-refractivity contribution in [3.05, 3.63) is 41.5 Å². The Morgan fingerprint density at radius 2 is 1.56 bits per heavy atom. The van der Waals surface area contributed by atoms with Crippen LogP contribution in [0.1, 0.15) is 31.9 Å². The van der Waals surface area contributed by atoms with E-state index < -0.39 is 20.0 Å². The van der Waals surface area contributed by atoms with Crippen molar-refractivity contribution in [1.82, 2.24) is 4.31 Å². The molecule has 0 saturated carbocycles. The van der Waals surface area contributed by atoms with Crippen LogP contribution in [0.3, 0.4) is 0 Å². The van der Waals surface area contributed by atoms with Crippen molar-refractivity contribution in [2.75, 3.05) is 30.2 Å². The minimum absolute atomic E-state index is 0.00988. The molecule has 0 heterocycles. The van der Waals surface area contributed by atoms with E-state index >= 15 is 0 Å². The lowest BCUT2D eigenvalue weighted by Crippen LogP contribution is -2.30. The Balaban J connectivity index is 2.54. The number of hydrogen-bond donors (Lipinski definition) is 2. The van der Waals surface area contributed by atoms with Crippen LogP contribution >= 0.6 is 0 Å². The van der Waals surface area contributed by atoms with Gasteiger partial charge in [0.25, 0.3) is 10.0 Å². The van der Waals surface area contributed by atoms with Gasteiger partial charge in [-0.15, -0.1) is 0 Å². The van der Waals surface area contributed by atoms with E-state index in [1.807, 2.05) is 0 Å². The smallest absolute Gasteiger partial charge is 0.261 e. The van der Waals surface area contributed by atoms with Crippen molar-refractivity contribution in [1.29, 1.82) is 0 Å². The number of nitrogens with zero attached hydrogens (tertiary/aromatic N) is 1. The number of sulfonamides is 2. The molecule has 0 saturated heterocycles. The lowest BCUT2D eigenvalue weighted by atomic mass is 10.1. The van der Waals surface area contributed by atoms with Gasteiger partial charge in [-0.3, -0.25) is 9.52 Å². The number of anilines is 2. The number of rotatable bonds is 9. The van der Waals surface area contributed by atoms with Crippen molar-refractivity contribution < 1.29 is 26.4 Å². The number of hydrogen-bond acceptors (Lipinski definition) is 6. The van der Waals surface area contributed by atoms with Crippen molar-refractivity contribution in [2.24, 2.45) is 0 Å². The predicted molar refractivity (Wildman–Crippen MR) is 124 cm³/mol. The summed E-state index contributed by atoms with van der Waals surface area (Å²) >= 11 is 0. The SMILES string of the molecule is CCN(CC)S(=O)(=O)c1cc(C)c(C)c(NS(=O)(=O)c2ccc(OC)c(NC(C)=O)c2)c1. The van der Waals surface area contributed by atoms with Gasteiger partial charge in [0.15, 0.2) is 0 Å². The summed E-state index contributed by atoms with van der Waals surface area (Å²) in [6, 6.07) is 6.90. The molecule has 0 aliphatic rings. The quantitative estimate of drug-likeness (QED) is 0.565. The fraction of sp³-hybridized carbons (Fsp3) is 0.381. The molecule has 0 aliphatic heterocycles. The van der Waals surface area contributed by atoms with Crippen LogP contribution in [0.2, 0.25) is 0 Å². The molecule has 0 fully saturated rings. The number of amides is 1. The fourth-order valence-electron chi connectivity index (χ4n) is 3.14. The van der Waals surface area contributed by atoms with Crippen LogP contribution in [0.15, 0.2) is 40.1 Å². The average Bonchev–Trinajstić information content (AvgIpc) is 2.71. The van der Waals surface area contributed by atoms with Crippen molar-refractivity contribution >= 4 is 37.3 Å². The van der Waals surface area contributed by atoms with Crippen molar-refractivity contribution in [2.45, 2.75) is 44.4 Å². The highest BCUT2D eigenvalue weighted by atomic mass is 32.2. The summed E-state index contributed by atoms with van der Waals surface area (Å²) in [7, 11) is -6.47. The summed E-state index contributed by atoms with van der Waals surface area (Å²) in [6.07, 6.45) is 0. The van der Waals surface area contributed by atoms with E-state index in [2.05, 4.69) is 10.0 Å². The van der Waals surface area contributed by atoms with Gasteiger partial charge < -0.3 is 10.1 Å². The van der Waals surface area contributed by atoms with E-state index in [9.17, 15) is 21.6 Å². The second kappa shape index (κ2) is 9.88. The minimum atomic E-state index is -4.09. The van der Waals surface area contributed by atoms with Crippen molar-refractivity contribution in [3.8, 4) is 5.75 Å². The Morgan fingerprint density at radius 1 is 0.969 bits per heavy atom. The maximum absolute atomic E-state index is 13.1. The summed E-state index contributed by atoms with van der Waals surface area (Å²) < 4.78 is 61.0. The largest absolute Gasteiger partial charge is 0.495 e. The highest BCUT2D eigenvalue weighted by Gasteiger charge is 2.25. The fourth-order valence-corrected chi connectivity index (χ4v) is 5.85. The van der Waals surface area contributed by atoms with Gasteiger partial charge in [-0.25, -0.2) is 16.8 Å². The third-order valence-corrected chi connectivity index (χ3v) is 8.41. The Kier molecular flexibility index (Phi) is 7.92. The van der Waals surface area contributed by atoms with E-state index in [0.717, 1.165) is 0 Å². The molecule has 2 rings (SSSR count). The number of aryl methyl sites for hydroxylation is 1. The minimum Gasteiger partial charge on any atom is -0.495 e. The van der Waals surface area contributed by atoms with E-state index in [0.29, 0.717) is 30.0 Å². The zero-order valence-corrected chi connectivity index (χ0v) is 20.6. The summed E-state index contributed by atoms with van der Waals surface area (Å²) in [6.45, 7) is 8.79. The van der Waals surface area contributed by atoms with Gasteiger partial charge in [-0.1, -0.05) is 13.8 Å². The van der Waals surface area contributed by atoms with E-state index in [1.165, 1.54) is 48.7 Å². The molecule has 2 N–H and O–H groups in total. The lowest BCUT2D eigenvalue weighted by molar-refractivity contribution is -0.114. The summed E-state index contributed by atoms with van der Waals surface area (Å²) in [5.74, 6) is -0.0786. The second-order valence-electron chi connectivity index (χ2n) is 7.15. The number of benzene rings is 2. The Hall–Kier alpha value is -2.63. The van der Waals surface area contributed by atoms with Crippen LogP contribution < -0.4 is 14.8 Å². The van der Waals surface area contributed by atoms with Crippen LogP contribution in [-0.4, -0.2) is 47.2 Å². The molecular formula is C21H29N3O6S2. The molecule has 1 amide bonds. The standard InChI is InChI=1S/C21H29N3O6S2/c1-7-24(8-2)32(28,29)18-11-14(3)15(4)19(13-18)23-31(26,27)17-9-10-21(30-6)20(12-17)22-16(5)25/h9-13,23H,7-8H2,1-6H3,(H,22,25). The number of nitrogens with one attached hydrogen (secondary N) is 2. The van der Waals surface area contributed by atoms with Crippen LogP contribution in [0.4, 0.5) is 11.4 Å². The molecule has 2 aromatic rings. The van der Waals surface area contributed by atoms with Gasteiger partial charge in [0.1, 0.15) is 5.75 Å². The van der Waals surface area contributed by atoms with Gasteiger partial charge in [-0.2, -0.15) is 4.31 Å². The predicted octanol–water partition coefficient (Wildman–Crippen LogP) is 3.10. The number of methoxy groups -OCH3 is 1. The van der Waals surface area contributed by atoms with Crippen LogP contribution in [-0.2, 0) is 24.8 Å². The topological polar surface area (TPSA) is 122 Å². The summed E-state index contributed by atoms with van der Waals surface area (Å²) in [5, 5.41) is 2.53. The zero-order valence-electron chi connectivity index (χ0n) is 19.0. The molecule has 32 heavy (non-hydrogen) atoms. The number of carbonyl (C=O) groups excluding carboxylic acids is 1. The molecule has 0 spiro atoms. The van der Waals surface area contributed by atoms with Gasteiger partial charge in [0.05, 0.1) is 28.3 Å². The Bertz CT molecular complexity index is 1220. The molecule has 176 valence electrons. The zero-order chi connectivity index (χ0) is 24.3. The molecule has 0 unspecified atom stereocenters. The number of carbonyl (C=O) groups is 1. The van der Waals surface area contributed by atoms with E-state index in [-0.39, 0.29) is 27.1 Å². The highest BCUT2D eigenvalue weighted by molar-refractivity contribution is 7.92. The van der Waals surface area contributed by atoms with Crippen LogP contribution in [0, 0.1) is 13.8 Å². The molecule has 2 aromatic carbocycles. The Labute approximate surface area is 189 Å². The molecule has 0 radical (unpaired) electrons. The average molecular weight is 484 g/mol. The maximum Gasteiger partial charge on any atom is 0.261 e. The van der Waals surface area contributed by atoms with Crippen molar-refractivity contribution in [3.63, 3.8) is 0 Å². The van der Waals surface area contributed by atoms with Crippen LogP contribution in [0.5, 0.6) is 5.75 Å². The highest BCUT2D eigenvalue weighted by Crippen LogP contribution is 2.31. The first-order valence-electron chi connectivity index (χ1n) is 9.97. The second-order valence-corrected chi connectivity index (χ2v) is 10.8. The first kappa shape index (κ1) is 25.6. The monoisotopic (exact) mass is 483 g/mol. The molecule has 9 nitrogen and oxygen atoms in total. The molecule has 11 heteroatoms. The van der Waals surface area contributed by atoms with Gasteiger partial charge in [0, 0.05) is 20.0 Å². The first-order valence-corrected chi connectivity index (χ1v) is 12.9. The third kappa shape index (κ3) is 5.40. The summed E-state index contributed by atoms with van der Waals surface area (Å²) in [4.78, 5) is 11.4. The summed E-state index contributed by atoms with van der Waals surface area (Å²) in [5.41, 5.74) is 1.59. The Morgan fingerprint density at radius 3 is 2.09 bits per heavy atom. The third-order valence-electron chi connectivity index (χ3n) is 5.02. The normalized spacial score (nSPS) is 12.0. The first-order chi connectivity index (χ1) is 14.9. The van der Waals surface area contributed by atoms with Gasteiger partial charge in [0.2, 0.25) is 15.9 Å². The van der Waals surface area contributed by atoms with E-state index in [4.69, 9.17) is 4.74 Å². The van der Waals surface area contributed by atoms with Crippen LogP contribution in [0.25, 0.3) is 0 Å². The number of ether oxygens (including phenoxy) is 1.